The number of ether oxygens (including phenoxy) is 2. The Morgan fingerprint density at radius 3 is 2.56 bits per heavy atom. The Balaban J connectivity index is 1.35. The molecule has 0 radical (unpaired) electrons. The number of hydrogen-bond acceptors (Lipinski definition) is 7. The number of amides is 1. The van der Waals surface area contributed by atoms with E-state index in [1.54, 1.807) is 18.7 Å². The number of nitrogens with zero attached hydrogens (tertiary/aromatic N) is 4. The van der Waals surface area contributed by atoms with E-state index in [9.17, 15) is 4.79 Å². The molecule has 0 saturated heterocycles. The first-order chi connectivity index (χ1) is 17.4. The van der Waals surface area contributed by atoms with Crippen LogP contribution in [0.25, 0.3) is 5.78 Å². The van der Waals surface area contributed by atoms with Gasteiger partial charge in [0.15, 0.2) is 11.5 Å². The molecule has 188 valence electrons. The van der Waals surface area contributed by atoms with Gasteiger partial charge in [0.25, 0.3) is 5.78 Å². The van der Waals surface area contributed by atoms with Crippen LogP contribution in [0.5, 0.6) is 11.5 Å². The number of thioether (sulfide) groups is 1. The van der Waals surface area contributed by atoms with Crippen LogP contribution in [0.3, 0.4) is 0 Å². The lowest BCUT2D eigenvalue weighted by molar-refractivity contribution is -0.118. The molecule has 0 saturated carbocycles. The Hall–Kier alpha value is -3.59. The molecule has 0 fully saturated rings. The minimum absolute atomic E-state index is 0.0691. The van der Waals surface area contributed by atoms with Crippen LogP contribution in [0.2, 0.25) is 0 Å². The van der Waals surface area contributed by atoms with Gasteiger partial charge in [-0.1, -0.05) is 47.7 Å². The molecule has 8 nitrogen and oxygen atoms in total. The Morgan fingerprint density at radius 2 is 1.81 bits per heavy atom. The van der Waals surface area contributed by atoms with Gasteiger partial charge in [0.2, 0.25) is 11.1 Å². The molecule has 2 heterocycles. The number of carbonyl (C=O) groups excluding carboxylic acids is 1. The molecule has 1 amide bonds. The Morgan fingerprint density at radius 1 is 1.00 bits per heavy atom. The normalized spacial score (nSPS) is 11.0. The van der Waals surface area contributed by atoms with Crippen molar-refractivity contribution in [3.63, 3.8) is 0 Å². The number of carbonyl (C=O) groups is 1. The van der Waals surface area contributed by atoms with Gasteiger partial charge in [-0.3, -0.25) is 4.79 Å². The van der Waals surface area contributed by atoms with Crippen molar-refractivity contribution in [1.82, 2.24) is 24.9 Å². The highest BCUT2D eigenvalue weighted by atomic mass is 32.2. The van der Waals surface area contributed by atoms with Crippen molar-refractivity contribution < 1.29 is 14.3 Å². The Bertz CT molecular complexity index is 1390. The molecule has 0 aliphatic heterocycles. The molecule has 0 aliphatic carbocycles. The largest absolute Gasteiger partial charge is 0.493 e. The average molecular weight is 506 g/mol. The van der Waals surface area contributed by atoms with Crippen LogP contribution < -0.4 is 14.8 Å². The van der Waals surface area contributed by atoms with Crippen LogP contribution in [0.4, 0.5) is 0 Å². The standard InChI is InChI=1S/C27H31N5O3S/c1-17-7-6-8-21(13-17)14-22-18(2)29-26-30-27(31-32(26)19(22)3)36-16-25(33)28-12-11-20-9-10-23(34-4)24(15-20)35-5/h6-10,13,15H,11-12,14,16H2,1-5H3,(H,28,33). The third-order valence-electron chi connectivity index (χ3n) is 6.01. The van der Waals surface area contributed by atoms with Crippen molar-refractivity contribution in [3.8, 4) is 11.5 Å². The highest BCUT2D eigenvalue weighted by Gasteiger charge is 2.15. The molecular formula is C27H31N5O3S. The van der Waals surface area contributed by atoms with Crippen molar-refractivity contribution in [2.24, 2.45) is 0 Å². The fraction of sp³-hybridized carbons (Fsp3) is 0.333. The second kappa shape index (κ2) is 11.4. The summed E-state index contributed by atoms with van der Waals surface area (Å²) in [6, 6.07) is 14.2. The van der Waals surface area contributed by atoms with Crippen molar-refractivity contribution in [2.75, 3.05) is 26.5 Å². The summed E-state index contributed by atoms with van der Waals surface area (Å²) in [5.41, 5.74) is 6.62. The number of nitrogens with one attached hydrogen (secondary N) is 1. The fourth-order valence-electron chi connectivity index (χ4n) is 4.10. The number of fused-ring (bicyclic) bond motifs is 1. The van der Waals surface area contributed by atoms with E-state index in [1.807, 2.05) is 32.0 Å². The van der Waals surface area contributed by atoms with Gasteiger partial charge in [-0.15, -0.1) is 5.10 Å². The van der Waals surface area contributed by atoms with E-state index in [1.165, 1.54) is 22.9 Å². The lowest BCUT2D eigenvalue weighted by Gasteiger charge is -2.10. The van der Waals surface area contributed by atoms with Crippen molar-refractivity contribution in [3.05, 3.63) is 76.1 Å². The third kappa shape index (κ3) is 5.96. The first kappa shape index (κ1) is 25.5. The summed E-state index contributed by atoms with van der Waals surface area (Å²) in [7, 11) is 3.22. The zero-order valence-corrected chi connectivity index (χ0v) is 22.1. The zero-order chi connectivity index (χ0) is 25.7. The van der Waals surface area contributed by atoms with E-state index in [2.05, 4.69) is 51.6 Å². The van der Waals surface area contributed by atoms with Crippen LogP contribution >= 0.6 is 11.8 Å². The molecule has 0 unspecified atom stereocenters. The van der Waals surface area contributed by atoms with Gasteiger partial charge in [0.05, 0.1) is 20.0 Å². The maximum atomic E-state index is 12.4. The van der Waals surface area contributed by atoms with Crippen molar-refractivity contribution in [2.45, 2.75) is 38.8 Å². The van der Waals surface area contributed by atoms with Crippen LogP contribution in [-0.4, -0.2) is 52.0 Å². The fourth-order valence-corrected chi connectivity index (χ4v) is 4.74. The maximum Gasteiger partial charge on any atom is 0.253 e. The second-order valence-corrected chi connectivity index (χ2v) is 9.55. The van der Waals surface area contributed by atoms with Gasteiger partial charge in [0, 0.05) is 24.4 Å². The molecule has 1 N–H and O–H groups in total. The maximum absolute atomic E-state index is 12.4. The topological polar surface area (TPSA) is 90.6 Å². The van der Waals surface area contributed by atoms with Crippen LogP contribution in [0.1, 0.15) is 33.6 Å². The lowest BCUT2D eigenvalue weighted by Crippen LogP contribution is -2.27. The van der Waals surface area contributed by atoms with E-state index >= 15 is 0 Å². The molecule has 4 rings (SSSR count). The molecule has 2 aromatic carbocycles. The predicted molar refractivity (Wildman–Crippen MR) is 141 cm³/mol. The molecule has 9 heteroatoms. The minimum atomic E-state index is -0.0691. The third-order valence-corrected chi connectivity index (χ3v) is 6.85. The summed E-state index contributed by atoms with van der Waals surface area (Å²) in [6.45, 7) is 6.66. The SMILES string of the molecule is COc1ccc(CCNC(=O)CSc2nc3nc(C)c(Cc4cccc(C)c4)c(C)n3n2)cc1OC. The monoisotopic (exact) mass is 505 g/mol. The summed E-state index contributed by atoms with van der Waals surface area (Å²) in [4.78, 5) is 21.6. The summed E-state index contributed by atoms with van der Waals surface area (Å²) in [5, 5.41) is 8.10. The molecule has 0 bridgehead atoms. The summed E-state index contributed by atoms with van der Waals surface area (Å²) >= 11 is 1.31. The van der Waals surface area contributed by atoms with Gasteiger partial charge in [-0.05, 0) is 56.0 Å². The Labute approximate surface area is 215 Å². The molecule has 0 aliphatic rings. The average Bonchev–Trinajstić information content (AvgIpc) is 3.28. The number of hydrogen-bond donors (Lipinski definition) is 1. The highest BCUT2D eigenvalue weighted by molar-refractivity contribution is 7.99. The van der Waals surface area contributed by atoms with Gasteiger partial charge >= 0.3 is 0 Å². The molecule has 36 heavy (non-hydrogen) atoms. The summed E-state index contributed by atoms with van der Waals surface area (Å²) in [5.74, 6) is 2.08. The first-order valence-electron chi connectivity index (χ1n) is 11.8. The molecule has 0 atom stereocenters. The van der Waals surface area contributed by atoms with E-state index < -0.39 is 0 Å². The van der Waals surface area contributed by atoms with Crippen molar-refractivity contribution >= 4 is 23.4 Å². The molecule has 4 aromatic rings. The molecule has 2 aromatic heterocycles. The molecular weight excluding hydrogens is 474 g/mol. The minimum Gasteiger partial charge on any atom is -0.493 e. The van der Waals surface area contributed by atoms with E-state index in [0.717, 1.165) is 28.9 Å². The van der Waals surface area contributed by atoms with Crippen molar-refractivity contribution in [1.29, 1.82) is 0 Å². The van der Waals surface area contributed by atoms with Gasteiger partial charge in [-0.2, -0.15) is 4.98 Å². The smallest absolute Gasteiger partial charge is 0.253 e. The van der Waals surface area contributed by atoms with E-state index in [0.29, 0.717) is 35.4 Å². The second-order valence-electron chi connectivity index (χ2n) is 8.61. The van der Waals surface area contributed by atoms with Crippen LogP contribution in [0, 0.1) is 20.8 Å². The number of aromatic nitrogens is 4. The van der Waals surface area contributed by atoms with Gasteiger partial charge in [0.1, 0.15) is 0 Å². The number of rotatable bonds is 10. The van der Waals surface area contributed by atoms with Gasteiger partial charge < -0.3 is 14.8 Å². The summed E-state index contributed by atoms with van der Waals surface area (Å²) < 4.78 is 12.4. The summed E-state index contributed by atoms with van der Waals surface area (Å²) in [6.07, 6.45) is 1.47. The number of benzene rings is 2. The predicted octanol–water partition coefficient (Wildman–Crippen LogP) is 4.11. The van der Waals surface area contributed by atoms with Gasteiger partial charge in [-0.25, -0.2) is 9.50 Å². The Kier molecular flexibility index (Phi) is 8.10. The lowest BCUT2D eigenvalue weighted by atomic mass is 10.0. The number of methoxy groups -OCH3 is 2. The quantitative estimate of drug-likeness (QED) is 0.324. The van der Waals surface area contributed by atoms with Crippen LogP contribution in [-0.2, 0) is 17.6 Å². The van der Waals surface area contributed by atoms with E-state index in [-0.39, 0.29) is 11.7 Å². The number of aryl methyl sites for hydroxylation is 3. The highest BCUT2D eigenvalue weighted by Crippen LogP contribution is 2.27. The molecule has 0 spiro atoms. The van der Waals surface area contributed by atoms with E-state index in [4.69, 9.17) is 9.47 Å². The zero-order valence-electron chi connectivity index (χ0n) is 21.3. The van der Waals surface area contributed by atoms with Crippen LogP contribution in [0.15, 0.2) is 47.6 Å². The first-order valence-corrected chi connectivity index (χ1v) is 12.7.